The largest absolute Gasteiger partial charge is 0.293 e. The molecule has 1 fully saturated rings. The molecule has 0 radical (unpaired) electrons. The number of carbonyl (C=O) groups is 2. The van der Waals surface area contributed by atoms with Gasteiger partial charge in [-0.05, 0) is 35.5 Å². The molecule has 0 unspecified atom stereocenters. The van der Waals surface area contributed by atoms with Gasteiger partial charge in [-0.25, -0.2) is 0 Å². The third-order valence-electron chi connectivity index (χ3n) is 3.58. The van der Waals surface area contributed by atoms with Gasteiger partial charge in [0.25, 0.3) is 16.8 Å². The van der Waals surface area contributed by atoms with Gasteiger partial charge < -0.3 is 0 Å². The number of imide groups is 1. The van der Waals surface area contributed by atoms with Gasteiger partial charge in [0.1, 0.15) is 0 Å². The summed E-state index contributed by atoms with van der Waals surface area (Å²) in [4.78, 5) is 36.6. The Morgan fingerprint density at radius 3 is 2.52 bits per heavy atom. The molecule has 0 saturated carbocycles. The Bertz CT molecular complexity index is 913. The van der Waals surface area contributed by atoms with Crippen LogP contribution >= 0.6 is 27.7 Å². The smallest absolute Gasteiger partial charge is 0.268 e. The van der Waals surface area contributed by atoms with E-state index in [4.69, 9.17) is 0 Å². The van der Waals surface area contributed by atoms with Gasteiger partial charge in [-0.2, -0.15) is 0 Å². The summed E-state index contributed by atoms with van der Waals surface area (Å²) in [6.45, 7) is 0.139. The van der Waals surface area contributed by atoms with E-state index in [9.17, 15) is 19.7 Å². The van der Waals surface area contributed by atoms with Crippen molar-refractivity contribution in [3.8, 4) is 0 Å². The number of hydrogen-bond donors (Lipinski definition) is 0. The Morgan fingerprint density at radius 2 is 1.80 bits per heavy atom. The number of amides is 2. The van der Waals surface area contributed by atoms with Crippen molar-refractivity contribution >= 4 is 50.6 Å². The molecule has 25 heavy (non-hydrogen) atoms. The van der Waals surface area contributed by atoms with Crippen molar-refractivity contribution in [3.63, 3.8) is 0 Å². The first-order chi connectivity index (χ1) is 12.0. The summed E-state index contributed by atoms with van der Waals surface area (Å²) in [5, 5.41) is 10.7. The molecular formula is C17H11BrN2O4S. The molecule has 8 heteroatoms. The molecule has 1 aliphatic rings. The summed E-state index contributed by atoms with van der Waals surface area (Å²) < 4.78 is 0.803. The highest BCUT2D eigenvalue weighted by molar-refractivity contribution is 9.10. The molecule has 1 saturated heterocycles. The van der Waals surface area contributed by atoms with Gasteiger partial charge in [0, 0.05) is 10.5 Å². The standard InChI is InChI=1S/C17H11BrN2O4S/c18-13-7-3-1-6-12(13)10-19-16(21)15(25-17(19)22)9-11-5-2-4-8-14(11)20(23)24/h1-9H,10H2/b15-9+. The highest BCUT2D eigenvalue weighted by Gasteiger charge is 2.35. The minimum atomic E-state index is -0.517. The highest BCUT2D eigenvalue weighted by Crippen LogP contribution is 2.35. The first kappa shape index (κ1) is 17.4. The lowest BCUT2D eigenvalue weighted by Gasteiger charge is -2.13. The normalized spacial score (nSPS) is 15.9. The van der Waals surface area contributed by atoms with E-state index in [-0.39, 0.29) is 17.1 Å². The molecule has 6 nitrogen and oxygen atoms in total. The number of benzene rings is 2. The maximum Gasteiger partial charge on any atom is 0.293 e. The van der Waals surface area contributed by atoms with Crippen LogP contribution in [0.15, 0.2) is 57.9 Å². The number of para-hydroxylation sites is 1. The number of nitro groups is 1. The zero-order valence-corrected chi connectivity index (χ0v) is 15.1. The van der Waals surface area contributed by atoms with Crippen molar-refractivity contribution in [1.29, 1.82) is 0 Å². The van der Waals surface area contributed by atoms with Gasteiger partial charge in [0.2, 0.25) is 0 Å². The Balaban J connectivity index is 1.89. The monoisotopic (exact) mass is 418 g/mol. The van der Waals surface area contributed by atoms with Crippen molar-refractivity contribution in [2.75, 3.05) is 0 Å². The molecule has 0 spiro atoms. The Morgan fingerprint density at radius 1 is 1.12 bits per heavy atom. The van der Waals surface area contributed by atoms with Gasteiger partial charge in [-0.3, -0.25) is 24.6 Å². The van der Waals surface area contributed by atoms with Gasteiger partial charge in [0.05, 0.1) is 21.9 Å². The summed E-state index contributed by atoms with van der Waals surface area (Å²) in [6.07, 6.45) is 1.39. The Labute approximate surface area is 155 Å². The Hall–Kier alpha value is -2.45. The minimum absolute atomic E-state index is 0.111. The van der Waals surface area contributed by atoms with Crippen LogP contribution in [-0.2, 0) is 11.3 Å². The van der Waals surface area contributed by atoms with Crippen molar-refractivity contribution < 1.29 is 14.5 Å². The molecule has 0 N–H and O–H groups in total. The molecule has 0 bridgehead atoms. The van der Waals surface area contributed by atoms with Gasteiger partial charge in [-0.1, -0.05) is 46.3 Å². The molecule has 3 rings (SSSR count). The second-order valence-corrected chi connectivity index (χ2v) is 7.02. The van der Waals surface area contributed by atoms with Crippen molar-refractivity contribution in [3.05, 3.63) is 79.2 Å². The van der Waals surface area contributed by atoms with Crippen LogP contribution in [0.3, 0.4) is 0 Å². The first-order valence-electron chi connectivity index (χ1n) is 7.19. The minimum Gasteiger partial charge on any atom is -0.268 e. The number of nitro benzene ring substituents is 1. The third-order valence-corrected chi connectivity index (χ3v) is 5.26. The molecule has 0 aromatic heterocycles. The maximum atomic E-state index is 12.5. The lowest BCUT2D eigenvalue weighted by molar-refractivity contribution is -0.385. The molecular weight excluding hydrogens is 408 g/mol. The average molecular weight is 419 g/mol. The number of hydrogen-bond acceptors (Lipinski definition) is 5. The number of halogens is 1. The van der Waals surface area contributed by atoms with Crippen LogP contribution in [0.5, 0.6) is 0 Å². The predicted molar refractivity (Wildman–Crippen MR) is 98.8 cm³/mol. The highest BCUT2D eigenvalue weighted by atomic mass is 79.9. The molecule has 0 atom stereocenters. The third kappa shape index (κ3) is 3.64. The molecule has 1 aliphatic heterocycles. The van der Waals surface area contributed by atoms with E-state index in [0.29, 0.717) is 5.56 Å². The summed E-state index contributed by atoms with van der Waals surface area (Å²) in [5.41, 5.74) is 0.982. The van der Waals surface area contributed by atoms with Crippen molar-refractivity contribution in [1.82, 2.24) is 4.90 Å². The zero-order chi connectivity index (χ0) is 18.0. The topological polar surface area (TPSA) is 80.5 Å². The van der Waals surface area contributed by atoms with Crippen LogP contribution < -0.4 is 0 Å². The molecule has 2 aromatic rings. The first-order valence-corrected chi connectivity index (χ1v) is 8.80. The fourth-order valence-corrected chi connectivity index (χ4v) is 3.59. The van der Waals surface area contributed by atoms with Crippen LogP contribution in [0.4, 0.5) is 10.5 Å². The lowest BCUT2D eigenvalue weighted by atomic mass is 10.1. The SMILES string of the molecule is O=C1S/C(=C/c2ccccc2[N+](=O)[O-])C(=O)N1Cc1ccccc1Br. The van der Waals surface area contributed by atoms with Crippen LogP contribution in [0.25, 0.3) is 6.08 Å². The van der Waals surface area contributed by atoms with E-state index in [1.165, 1.54) is 12.1 Å². The van der Waals surface area contributed by atoms with Crippen LogP contribution in [-0.4, -0.2) is 21.0 Å². The summed E-state index contributed by atoms with van der Waals surface area (Å²) in [5.74, 6) is -0.455. The van der Waals surface area contributed by atoms with Crippen LogP contribution in [0.2, 0.25) is 0 Å². The second-order valence-electron chi connectivity index (χ2n) is 5.18. The summed E-state index contributed by atoms with van der Waals surface area (Å²) in [6, 6.07) is 13.4. The molecule has 0 aliphatic carbocycles. The van der Waals surface area contributed by atoms with Crippen molar-refractivity contribution in [2.24, 2.45) is 0 Å². The molecule has 1 heterocycles. The van der Waals surface area contributed by atoms with E-state index >= 15 is 0 Å². The zero-order valence-electron chi connectivity index (χ0n) is 12.7. The van der Waals surface area contributed by atoms with Gasteiger partial charge in [0.15, 0.2) is 0 Å². The van der Waals surface area contributed by atoms with E-state index in [1.54, 1.807) is 18.2 Å². The number of carbonyl (C=O) groups excluding carboxylic acids is 2. The fraction of sp³-hybridized carbons (Fsp3) is 0.0588. The predicted octanol–water partition coefficient (Wildman–Crippen LogP) is 4.59. The van der Waals surface area contributed by atoms with Crippen LogP contribution in [0, 0.1) is 10.1 Å². The number of nitrogens with zero attached hydrogens (tertiary/aromatic N) is 2. The van der Waals surface area contributed by atoms with Gasteiger partial charge >= 0.3 is 0 Å². The van der Waals surface area contributed by atoms with E-state index in [0.717, 1.165) is 26.7 Å². The van der Waals surface area contributed by atoms with Crippen molar-refractivity contribution in [2.45, 2.75) is 6.54 Å². The van der Waals surface area contributed by atoms with E-state index < -0.39 is 16.1 Å². The quantitative estimate of drug-likeness (QED) is 0.411. The number of thioether (sulfide) groups is 1. The summed E-state index contributed by atoms with van der Waals surface area (Å²) in [7, 11) is 0. The number of rotatable bonds is 4. The average Bonchev–Trinajstić information content (AvgIpc) is 2.84. The molecule has 2 aromatic carbocycles. The second kappa shape index (κ2) is 7.20. The Kier molecular flexibility index (Phi) is 5.00. The molecule has 2 amide bonds. The van der Waals surface area contributed by atoms with Crippen LogP contribution in [0.1, 0.15) is 11.1 Å². The van der Waals surface area contributed by atoms with Gasteiger partial charge in [-0.15, -0.1) is 0 Å². The lowest BCUT2D eigenvalue weighted by Crippen LogP contribution is -2.27. The van der Waals surface area contributed by atoms with E-state index in [1.807, 2.05) is 24.3 Å². The maximum absolute atomic E-state index is 12.5. The summed E-state index contributed by atoms with van der Waals surface area (Å²) >= 11 is 4.17. The fourth-order valence-electron chi connectivity index (χ4n) is 2.35. The molecule has 126 valence electrons. The van der Waals surface area contributed by atoms with E-state index in [2.05, 4.69) is 15.9 Å².